The van der Waals surface area contributed by atoms with Gasteiger partial charge in [0.05, 0.1) is 0 Å². The van der Waals surface area contributed by atoms with Gasteiger partial charge in [-0.3, -0.25) is 0 Å². The molecule has 1 nitrogen and oxygen atoms in total. The topological polar surface area (TPSA) is 3.24 Å². The molecule has 2 aromatic carbocycles. The van der Waals surface area contributed by atoms with Crippen LogP contribution in [0.2, 0.25) is 0 Å². The summed E-state index contributed by atoms with van der Waals surface area (Å²) in [5, 5.41) is 0. The van der Waals surface area contributed by atoms with E-state index in [-0.39, 0.29) is 0 Å². The average Bonchev–Trinajstić information content (AvgIpc) is 2.58. The van der Waals surface area contributed by atoms with E-state index in [9.17, 15) is 0 Å². The smallest absolute Gasteiger partial charge is 0.0432 e. The average molecular weight is 265 g/mol. The first-order chi connectivity index (χ1) is 9.63. The van der Waals surface area contributed by atoms with Crippen molar-refractivity contribution in [1.82, 2.24) is 0 Å². The molecule has 0 spiro atoms. The number of benzene rings is 2. The van der Waals surface area contributed by atoms with Crippen LogP contribution in [0, 0.1) is 13.8 Å². The van der Waals surface area contributed by atoms with Crippen LogP contribution in [0.15, 0.2) is 42.5 Å². The van der Waals surface area contributed by atoms with Crippen molar-refractivity contribution in [3.8, 4) is 0 Å². The van der Waals surface area contributed by atoms with E-state index in [0.717, 1.165) is 13.1 Å². The molecule has 20 heavy (non-hydrogen) atoms. The lowest BCUT2D eigenvalue weighted by atomic mass is 9.95. The highest BCUT2D eigenvalue weighted by Gasteiger charge is 2.19. The zero-order valence-electron chi connectivity index (χ0n) is 12.7. The molecule has 0 bridgehead atoms. The Bertz CT molecular complexity index is 595. The predicted molar refractivity (Wildman–Crippen MR) is 86.4 cm³/mol. The van der Waals surface area contributed by atoms with Gasteiger partial charge < -0.3 is 4.90 Å². The van der Waals surface area contributed by atoms with Crippen LogP contribution in [0.1, 0.15) is 41.5 Å². The van der Waals surface area contributed by atoms with Crippen molar-refractivity contribution in [1.29, 1.82) is 0 Å². The summed E-state index contributed by atoms with van der Waals surface area (Å²) in [5.41, 5.74) is 7.08. The van der Waals surface area contributed by atoms with Gasteiger partial charge >= 0.3 is 0 Å². The van der Waals surface area contributed by atoms with Gasteiger partial charge in [0, 0.05) is 18.8 Å². The van der Waals surface area contributed by atoms with Gasteiger partial charge in [-0.15, -0.1) is 0 Å². The normalized spacial score (nSPS) is 18.6. The standard InChI is InChI=1S/C19H23N/c1-14-10-15(2)12-18(11-14)20-9-8-16(3)19-7-5-4-6-17(19)13-20/h4-7,10-12,16H,8-9,13H2,1-3H3. The molecule has 0 saturated heterocycles. The highest BCUT2D eigenvalue weighted by atomic mass is 15.1. The Morgan fingerprint density at radius 3 is 2.45 bits per heavy atom. The van der Waals surface area contributed by atoms with Gasteiger partial charge in [0.15, 0.2) is 0 Å². The summed E-state index contributed by atoms with van der Waals surface area (Å²) in [6.45, 7) is 8.89. The van der Waals surface area contributed by atoms with E-state index in [4.69, 9.17) is 0 Å². The lowest BCUT2D eigenvalue weighted by Gasteiger charge is -2.24. The maximum Gasteiger partial charge on any atom is 0.0432 e. The Hall–Kier alpha value is -1.76. The van der Waals surface area contributed by atoms with Gasteiger partial charge in [0.25, 0.3) is 0 Å². The molecule has 0 aliphatic carbocycles. The van der Waals surface area contributed by atoms with Gasteiger partial charge in [0.1, 0.15) is 0 Å². The molecular weight excluding hydrogens is 242 g/mol. The Morgan fingerprint density at radius 1 is 1.00 bits per heavy atom. The summed E-state index contributed by atoms with van der Waals surface area (Å²) in [6, 6.07) is 15.8. The summed E-state index contributed by atoms with van der Waals surface area (Å²) in [7, 11) is 0. The zero-order valence-corrected chi connectivity index (χ0v) is 12.7. The molecule has 1 heterocycles. The third-order valence-electron chi connectivity index (χ3n) is 4.35. The van der Waals surface area contributed by atoms with Crippen LogP contribution >= 0.6 is 0 Å². The van der Waals surface area contributed by atoms with Crippen molar-refractivity contribution in [2.24, 2.45) is 0 Å². The molecule has 0 amide bonds. The Morgan fingerprint density at radius 2 is 1.70 bits per heavy atom. The first-order valence-electron chi connectivity index (χ1n) is 7.54. The largest absolute Gasteiger partial charge is 0.367 e. The number of hydrogen-bond acceptors (Lipinski definition) is 1. The number of fused-ring (bicyclic) bond motifs is 1. The van der Waals surface area contributed by atoms with E-state index in [1.807, 2.05) is 0 Å². The van der Waals surface area contributed by atoms with E-state index >= 15 is 0 Å². The summed E-state index contributed by atoms with van der Waals surface area (Å²) in [6.07, 6.45) is 1.23. The van der Waals surface area contributed by atoms with Crippen molar-refractivity contribution in [3.05, 3.63) is 64.7 Å². The van der Waals surface area contributed by atoms with E-state index in [1.165, 1.54) is 34.4 Å². The first kappa shape index (κ1) is 13.2. The number of nitrogens with zero attached hydrogens (tertiary/aromatic N) is 1. The van der Waals surface area contributed by atoms with E-state index < -0.39 is 0 Å². The third-order valence-corrected chi connectivity index (χ3v) is 4.35. The van der Waals surface area contributed by atoms with Gasteiger partial charge in [-0.25, -0.2) is 0 Å². The maximum atomic E-state index is 2.53. The molecule has 0 fully saturated rings. The number of aryl methyl sites for hydroxylation is 2. The minimum atomic E-state index is 0.655. The fraction of sp³-hybridized carbons (Fsp3) is 0.368. The second-order valence-corrected chi connectivity index (χ2v) is 6.16. The third kappa shape index (κ3) is 2.58. The monoisotopic (exact) mass is 265 g/mol. The van der Waals surface area contributed by atoms with Crippen LogP contribution in [-0.4, -0.2) is 6.54 Å². The van der Waals surface area contributed by atoms with E-state index in [1.54, 1.807) is 0 Å². The predicted octanol–water partition coefficient (Wildman–Crippen LogP) is 4.82. The SMILES string of the molecule is Cc1cc(C)cc(N2CCC(C)c3ccccc3C2)c1. The second kappa shape index (κ2) is 5.32. The minimum Gasteiger partial charge on any atom is -0.367 e. The fourth-order valence-corrected chi connectivity index (χ4v) is 3.30. The van der Waals surface area contributed by atoms with Gasteiger partial charge in [0.2, 0.25) is 0 Å². The summed E-state index contributed by atoms with van der Waals surface area (Å²) in [4.78, 5) is 2.53. The van der Waals surface area contributed by atoms with Crippen molar-refractivity contribution >= 4 is 5.69 Å². The van der Waals surface area contributed by atoms with Crippen LogP contribution in [0.5, 0.6) is 0 Å². The van der Waals surface area contributed by atoms with E-state index in [2.05, 4.69) is 68.1 Å². The van der Waals surface area contributed by atoms with Gasteiger partial charge in [-0.1, -0.05) is 37.3 Å². The molecule has 1 heteroatoms. The number of hydrogen-bond donors (Lipinski definition) is 0. The molecule has 3 rings (SSSR count). The van der Waals surface area contributed by atoms with Crippen molar-refractivity contribution in [2.75, 3.05) is 11.4 Å². The Kier molecular flexibility index (Phi) is 3.52. The molecular formula is C19H23N. The highest BCUT2D eigenvalue weighted by Crippen LogP contribution is 2.31. The van der Waals surface area contributed by atoms with Gasteiger partial charge in [-0.2, -0.15) is 0 Å². The molecule has 2 aromatic rings. The van der Waals surface area contributed by atoms with Gasteiger partial charge in [-0.05, 0) is 60.6 Å². The molecule has 0 aromatic heterocycles. The molecule has 0 radical (unpaired) electrons. The summed E-state index contributed by atoms with van der Waals surface area (Å²) >= 11 is 0. The molecule has 1 aliphatic rings. The molecule has 1 unspecified atom stereocenters. The fourth-order valence-electron chi connectivity index (χ4n) is 3.30. The summed E-state index contributed by atoms with van der Waals surface area (Å²) in [5.74, 6) is 0.655. The van der Waals surface area contributed by atoms with Crippen LogP contribution in [-0.2, 0) is 6.54 Å². The zero-order chi connectivity index (χ0) is 14.1. The Labute approximate surface area is 122 Å². The van der Waals surface area contributed by atoms with Crippen LogP contribution in [0.4, 0.5) is 5.69 Å². The second-order valence-electron chi connectivity index (χ2n) is 6.16. The number of rotatable bonds is 1. The maximum absolute atomic E-state index is 2.53. The highest BCUT2D eigenvalue weighted by molar-refractivity contribution is 5.52. The lowest BCUT2D eigenvalue weighted by molar-refractivity contribution is 0.678. The lowest BCUT2D eigenvalue weighted by Crippen LogP contribution is -2.22. The molecule has 0 N–H and O–H groups in total. The van der Waals surface area contributed by atoms with Crippen molar-refractivity contribution < 1.29 is 0 Å². The van der Waals surface area contributed by atoms with Crippen LogP contribution in [0.3, 0.4) is 0 Å². The minimum absolute atomic E-state index is 0.655. The van der Waals surface area contributed by atoms with Crippen LogP contribution in [0.25, 0.3) is 0 Å². The molecule has 104 valence electrons. The van der Waals surface area contributed by atoms with E-state index in [0.29, 0.717) is 5.92 Å². The number of anilines is 1. The van der Waals surface area contributed by atoms with Crippen molar-refractivity contribution in [3.63, 3.8) is 0 Å². The summed E-state index contributed by atoms with van der Waals surface area (Å²) < 4.78 is 0. The molecule has 0 saturated carbocycles. The van der Waals surface area contributed by atoms with Crippen molar-refractivity contribution in [2.45, 2.75) is 39.7 Å². The Balaban J connectivity index is 1.97. The quantitative estimate of drug-likeness (QED) is 0.714. The molecule has 1 atom stereocenters. The first-order valence-corrected chi connectivity index (χ1v) is 7.54. The van der Waals surface area contributed by atoms with Crippen LogP contribution < -0.4 is 4.90 Å². The molecule has 1 aliphatic heterocycles.